The van der Waals surface area contributed by atoms with Crippen LogP contribution in [0.5, 0.6) is 0 Å². The van der Waals surface area contributed by atoms with Crippen molar-refractivity contribution in [1.29, 1.82) is 0 Å². The van der Waals surface area contributed by atoms with Gasteiger partial charge in [0.25, 0.3) is 0 Å². The Morgan fingerprint density at radius 1 is 1.05 bits per heavy atom. The third-order valence-electron chi connectivity index (χ3n) is 6.07. The van der Waals surface area contributed by atoms with Gasteiger partial charge >= 0.3 is 6.18 Å². The smallest absolute Gasteiger partial charge is 0.421 e. The predicted octanol–water partition coefficient (Wildman–Crippen LogP) is 7.67. The molecule has 2 aromatic carbocycles. The Balaban J connectivity index is 1.86. The van der Waals surface area contributed by atoms with Crippen LogP contribution in [-0.2, 0) is 17.0 Å². The fourth-order valence-electron chi connectivity index (χ4n) is 3.80. The van der Waals surface area contributed by atoms with Gasteiger partial charge in [0.05, 0.1) is 5.69 Å². The Labute approximate surface area is 230 Å². The summed E-state index contributed by atoms with van der Waals surface area (Å²) < 4.78 is 71.6. The second-order valence-corrected chi connectivity index (χ2v) is 13.4. The van der Waals surface area contributed by atoms with Gasteiger partial charge in [0.2, 0.25) is 0 Å². The summed E-state index contributed by atoms with van der Waals surface area (Å²) in [7, 11) is 0. The number of hydrogen-bond donors (Lipinski definition) is 2. The molecule has 0 radical (unpaired) electrons. The molecule has 0 saturated carbocycles. The number of hydrogen-bond acceptors (Lipinski definition) is 5. The number of rotatable bonds is 6. The first-order valence-electron chi connectivity index (χ1n) is 11.5. The van der Waals surface area contributed by atoms with Crippen molar-refractivity contribution in [3.8, 4) is 11.3 Å². The second-order valence-electron chi connectivity index (χ2n) is 9.94. The Kier molecular flexibility index (Phi) is 7.88. The molecule has 0 bridgehead atoms. The van der Waals surface area contributed by atoms with Gasteiger partial charge in [0.1, 0.15) is 16.6 Å². The Morgan fingerprint density at radius 2 is 1.74 bits per heavy atom. The van der Waals surface area contributed by atoms with Gasteiger partial charge in [-0.3, -0.25) is 4.98 Å². The highest BCUT2D eigenvalue weighted by Gasteiger charge is 2.51. The van der Waals surface area contributed by atoms with E-state index in [0.717, 1.165) is 11.5 Å². The Hall–Kier alpha value is -2.21. The van der Waals surface area contributed by atoms with E-state index >= 15 is 4.39 Å². The number of benzene rings is 2. The maximum absolute atomic E-state index is 15.0. The Bertz CT molecular complexity index is 1450. The van der Waals surface area contributed by atoms with Crippen LogP contribution in [0.2, 0.25) is 5.02 Å². The molecule has 2 heterocycles. The van der Waals surface area contributed by atoms with Gasteiger partial charge in [-0.2, -0.15) is 13.2 Å². The highest BCUT2D eigenvalue weighted by Crippen LogP contribution is 2.43. The van der Waals surface area contributed by atoms with E-state index in [1.807, 2.05) is 6.07 Å². The molecule has 0 amide bonds. The lowest BCUT2D eigenvalue weighted by atomic mass is 9.94. The largest absolute Gasteiger partial charge is 0.598 e. The van der Waals surface area contributed by atoms with Crippen molar-refractivity contribution < 1.29 is 27.2 Å². The van der Waals surface area contributed by atoms with Crippen molar-refractivity contribution in [2.75, 3.05) is 0 Å². The summed E-state index contributed by atoms with van der Waals surface area (Å²) in [6.07, 6.45) is -3.66. The molecule has 3 unspecified atom stereocenters. The van der Waals surface area contributed by atoms with Crippen molar-refractivity contribution in [1.82, 2.24) is 9.71 Å². The van der Waals surface area contributed by atoms with Crippen molar-refractivity contribution in [2.24, 2.45) is 0 Å². The standard InChI is InChI=1S/C27H25ClF4N2O2S2/c1-25(2,3)38(36)34-23(22-18(28)9-6-10-19(22)29)21-13-15-7-5-8-17(24(15)37-21)20-14-16(11-12-33-20)26(4,35)27(30,31)32/h5-14,23,34-35H,1-4H3. The van der Waals surface area contributed by atoms with E-state index in [9.17, 15) is 22.8 Å². The molecule has 11 heteroatoms. The summed E-state index contributed by atoms with van der Waals surface area (Å²) in [5, 5.41) is 11.1. The first-order valence-corrected chi connectivity index (χ1v) is 13.9. The number of fused-ring (bicyclic) bond motifs is 1. The second kappa shape index (κ2) is 10.4. The first kappa shape index (κ1) is 28.8. The predicted molar refractivity (Wildman–Crippen MR) is 145 cm³/mol. The molecule has 202 valence electrons. The zero-order valence-corrected chi connectivity index (χ0v) is 23.2. The molecule has 4 aromatic rings. The number of thiophene rings is 1. The molecule has 2 aromatic heterocycles. The van der Waals surface area contributed by atoms with E-state index in [-0.39, 0.29) is 21.8 Å². The van der Waals surface area contributed by atoms with Crippen molar-refractivity contribution in [3.05, 3.63) is 87.6 Å². The van der Waals surface area contributed by atoms with Crippen LogP contribution < -0.4 is 4.72 Å². The quantitative estimate of drug-likeness (QED) is 0.180. The summed E-state index contributed by atoms with van der Waals surface area (Å²) >= 11 is 6.07. The average molecular weight is 585 g/mol. The van der Waals surface area contributed by atoms with Crippen molar-refractivity contribution in [3.63, 3.8) is 0 Å². The summed E-state index contributed by atoms with van der Waals surface area (Å²) in [5.41, 5.74) is -2.50. The topological polar surface area (TPSA) is 68.2 Å². The molecule has 0 fully saturated rings. The van der Waals surface area contributed by atoms with Crippen LogP contribution in [0.15, 0.2) is 60.8 Å². The summed E-state index contributed by atoms with van der Waals surface area (Å²) in [5.74, 6) is -0.567. The fourth-order valence-corrected chi connectivity index (χ4v) is 6.20. The monoisotopic (exact) mass is 584 g/mol. The van der Waals surface area contributed by atoms with E-state index in [1.165, 1.54) is 35.7 Å². The normalized spacial score (nSPS) is 15.9. The maximum atomic E-state index is 15.0. The molecular weight excluding hydrogens is 560 g/mol. The third kappa shape index (κ3) is 5.57. The molecule has 0 aliphatic carbocycles. The van der Waals surface area contributed by atoms with E-state index in [1.54, 1.807) is 45.0 Å². The molecule has 4 rings (SSSR count). The SMILES string of the molecule is CC(C)(C)[S+]([O-])NC(c1cc2cccc(-c3cc(C(C)(O)C(F)(F)F)ccn3)c2s1)c1c(F)cccc1Cl. The minimum atomic E-state index is -4.88. The van der Waals surface area contributed by atoms with Gasteiger partial charge in [-0.05, 0) is 69.0 Å². The number of halogens is 5. The maximum Gasteiger partial charge on any atom is 0.421 e. The summed E-state index contributed by atoms with van der Waals surface area (Å²) in [6, 6.07) is 12.8. The molecule has 0 saturated heterocycles. The van der Waals surface area contributed by atoms with Crippen LogP contribution in [0.4, 0.5) is 17.6 Å². The van der Waals surface area contributed by atoms with Gasteiger partial charge < -0.3 is 9.66 Å². The number of alkyl halides is 3. The van der Waals surface area contributed by atoms with Crippen LogP contribution in [0.3, 0.4) is 0 Å². The number of nitrogens with zero attached hydrogens (tertiary/aromatic N) is 1. The highest BCUT2D eigenvalue weighted by atomic mass is 35.5. The van der Waals surface area contributed by atoms with Crippen LogP contribution in [0, 0.1) is 5.82 Å². The number of aliphatic hydroxyl groups is 1. The molecule has 2 N–H and O–H groups in total. The molecule has 0 aliphatic rings. The van der Waals surface area contributed by atoms with Crippen LogP contribution in [0.25, 0.3) is 21.3 Å². The summed E-state index contributed by atoms with van der Waals surface area (Å²) in [4.78, 5) is 4.87. The number of pyridine rings is 1. The van der Waals surface area contributed by atoms with Gasteiger partial charge in [0.15, 0.2) is 5.60 Å². The highest BCUT2D eigenvalue weighted by molar-refractivity contribution is 7.90. The van der Waals surface area contributed by atoms with E-state index in [4.69, 9.17) is 11.6 Å². The minimum absolute atomic E-state index is 0.140. The van der Waals surface area contributed by atoms with Crippen LogP contribution in [-0.4, -0.2) is 25.6 Å². The lowest BCUT2D eigenvalue weighted by Gasteiger charge is -2.28. The van der Waals surface area contributed by atoms with Crippen molar-refractivity contribution in [2.45, 2.75) is 50.3 Å². The molecular formula is C27H25ClF4N2O2S2. The van der Waals surface area contributed by atoms with Crippen molar-refractivity contribution >= 4 is 44.4 Å². The van der Waals surface area contributed by atoms with Gasteiger partial charge in [-0.1, -0.05) is 35.9 Å². The molecule has 4 nitrogen and oxygen atoms in total. The van der Waals surface area contributed by atoms with Crippen LogP contribution >= 0.6 is 22.9 Å². The zero-order valence-electron chi connectivity index (χ0n) is 20.9. The molecule has 3 atom stereocenters. The third-order valence-corrected chi connectivity index (χ3v) is 9.21. The molecule has 0 aliphatic heterocycles. The average Bonchev–Trinajstić information content (AvgIpc) is 3.26. The number of nitrogens with one attached hydrogen (secondary N) is 1. The van der Waals surface area contributed by atoms with Crippen LogP contribution in [0.1, 0.15) is 49.7 Å². The van der Waals surface area contributed by atoms with E-state index in [2.05, 4.69) is 9.71 Å². The Morgan fingerprint density at radius 3 is 2.37 bits per heavy atom. The number of aromatic nitrogens is 1. The molecule has 0 spiro atoms. The lowest BCUT2D eigenvalue weighted by Crippen LogP contribution is -2.41. The fraction of sp³-hybridized carbons (Fsp3) is 0.296. The van der Waals surface area contributed by atoms with E-state index in [0.29, 0.717) is 22.1 Å². The minimum Gasteiger partial charge on any atom is -0.598 e. The first-order chi connectivity index (χ1) is 17.6. The molecule has 38 heavy (non-hydrogen) atoms. The van der Waals surface area contributed by atoms with Gasteiger partial charge in [-0.25, -0.2) is 4.39 Å². The van der Waals surface area contributed by atoms with E-state index < -0.39 is 39.7 Å². The zero-order chi connectivity index (χ0) is 28.0. The van der Waals surface area contributed by atoms with Gasteiger partial charge in [-0.15, -0.1) is 16.1 Å². The van der Waals surface area contributed by atoms with Gasteiger partial charge in [0, 0.05) is 43.3 Å². The summed E-state index contributed by atoms with van der Waals surface area (Å²) in [6.45, 7) is 6.05. The lowest BCUT2D eigenvalue weighted by molar-refractivity contribution is -0.258.